The molecule has 0 radical (unpaired) electrons. The van der Waals surface area contributed by atoms with Gasteiger partial charge < -0.3 is 15.5 Å². The van der Waals surface area contributed by atoms with Crippen LogP contribution < -0.4 is 10.6 Å². The van der Waals surface area contributed by atoms with E-state index in [-0.39, 0.29) is 17.9 Å². The second-order valence-corrected chi connectivity index (χ2v) is 9.72. The summed E-state index contributed by atoms with van der Waals surface area (Å²) in [5, 5.41) is 7.05. The summed E-state index contributed by atoms with van der Waals surface area (Å²) in [6.07, 6.45) is 9.48. The Bertz CT molecular complexity index is 575. The van der Waals surface area contributed by atoms with Crippen LogP contribution in [0.3, 0.4) is 0 Å². The van der Waals surface area contributed by atoms with E-state index in [4.69, 9.17) is 0 Å². The Morgan fingerprint density at radius 2 is 1.71 bits per heavy atom. The topological polar surface area (TPSA) is 64.7 Å². The highest BCUT2D eigenvalue weighted by molar-refractivity contribution is 5.82. The van der Waals surface area contributed by atoms with Gasteiger partial charge in [-0.3, -0.25) is 14.5 Å². The average molecular weight is 391 g/mol. The quantitative estimate of drug-likeness (QED) is 0.771. The van der Waals surface area contributed by atoms with E-state index in [0.29, 0.717) is 30.0 Å². The van der Waals surface area contributed by atoms with Crippen molar-refractivity contribution in [2.24, 2.45) is 11.8 Å². The molecule has 6 nitrogen and oxygen atoms in total. The molecular weight excluding hydrogens is 352 g/mol. The average Bonchev–Trinajstić information content (AvgIpc) is 3.14. The van der Waals surface area contributed by atoms with Crippen LogP contribution in [0.4, 0.5) is 0 Å². The number of amides is 2. The number of hydrogen-bond acceptors (Lipinski definition) is 4. The van der Waals surface area contributed by atoms with E-state index < -0.39 is 0 Å². The highest BCUT2D eigenvalue weighted by Crippen LogP contribution is 2.36. The molecule has 0 aromatic carbocycles. The third-order valence-electron chi connectivity index (χ3n) is 7.87. The summed E-state index contributed by atoms with van der Waals surface area (Å²) in [7, 11) is 0. The van der Waals surface area contributed by atoms with Gasteiger partial charge in [-0.05, 0) is 56.8 Å². The predicted octanol–water partition coefficient (Wildman–Crippen LogP) is 1.74. The Balaban J connectivity index is 1.26. The van der Waals surface area contributed by atoms with Crippen molar-refractivity contribution in [1.29, 1.82) is 0 Å². The number of rotatable bonds is 3. The molecule has 2 heterocycles. The predicted molar refractivity (Wildman–Crippen MR) is 110 cm³/mol. The van der Waals surface area contributed by atoms with Gasteiger partial charge in [0.05, 0.1) is 6.04 Å². The van der Waals surface area contributed by atoms with Gasteiger partial charge >= 0.3 is 0 Å². The maximum Gasteiger partial charge on any atom is 0.237 e. The number of nitrogens with one attached hydrogen (secondary N) is 2. The maximum absolute atomic E-state index is 12.9. The largest absolute Gasteiger partial charge is 0.352 e. The lowest BCUT2D eigenvalue weighted by Gasteiger charge is -2.42. The minimum absolute atomic E-state index is 0.00929. The van der Waals surface area contributed by atoms with Crippen molar-refractivity contribution in [3.8, 4) is 0 Å². The van der Waals surface area contributed by atoms with Gasteiger partial charge in [0.2, 0.25) is 11.8 Å². The molecule has 6 atom stereocenters. The van der Waals surface area contributed by atoms with Crippen molar-refractivity contribution in [3.63, 3.8) is 0 Å². The maximum atomic E-state index is 12.9. The molecule has 2 amide bonds. The molecule has 4 fully saturated rings. The van der Waals surface area contributed by atoms with Gasteiger partial charge in [-0.2, -0.15) is 0 Å². The molecule has 4 aliphatic rings. The van der Waals surface area contributed by atoms with Crippen molar-refractivity contribution >= 4 is 11.8 Å². The standard InChI is InChI=1S/C22H38N4O2/c1-15-5-3-6-17-13-20(24-21(15)17)22(28)23-18-7-4-8-19(14-18)26-11-9-25(10-12-26)16(2)27/h15,17-21,24H,3-14H2,1-2H3,(H,23,28)/t15?,17?,18-,19+,20?,21?/m1/s1. The van der Waals surface area contributed by atoms with Crippen LogP contribution in [0.1, 0.15) is 65.2 Å². The SMILES string of the molecule is CC(=O)N1CCN([C@H]2CCC[C@@H](NC(=O)C3CC4CCCC(C)C4N3)C2)CC1. The first-order valence-corrected chi connectivity index (χ1v) is 11.6. The van der Waals surface area contributed by atoms with Gasteiger partial charge in [-0.15, -0.1) is 0 Å². The first-order valence-electron chi connectivity index (χ1n) is 11.6. The third-order valence-corrected chi connectivity index (χ3v) is 7.87. The van der Waals surface area contributed by atoms with Gasteiger partial charge in [0.25, 0.3) is 0 Å². The number of nitrogens with zero attached hydrogens (tertiary/aromatic N) is 2. The van der Waals surface area contributed by atoms with E-state index >= 15 is 0 Å². The number of carbonyl (C=O) groups is 2. The summed E-state index contributed by atoms with van der Waals surface area (Å²) in [6.45, 7) is 7.62. The summed E-state index contributed by atoms with van der Waals surface area (Å²) in [6, 6.07) is 1.41. The molecule has 0 aromatic heterocycles. The van der Waals surface area contributed by atoms with Crippen LogP contribution in [0.25, 0.3) is 0 Å². The van der Waals surface area contributed by atoms with E-state index in [9.17, 15) is 9.59 Å². The Kier molecular flexibility index (Phi) is 6.26. The van der Waals surface area contributed by atoms with E-state index in [1.165, 1.54) is 32.1 Å². The van der Waals surface area contributed by atoms with Crippen molar-refractivity contribution < 1.29 is 9.59 Å². The zero-order chi connectivity index (χ0) is 19.7. The monoisotopic (exact) mass is 390 g/mol. The summed E-state index contributed by atoms with van der Waals surface area (Å²) in [5.74, 6) is 1.81. The van der Waals surface area contributed by atoms with Crippen LogP contribution in [0, 0.1) is 11.8 Å². The first-order chi connectivity index (χ1) is 13.5. The molecule has 2 aliphatic heterocycles. The Morgan fingerprint density at radius 3 is 2.43 bits per heavy atom. The van der Waals surface area contributed by atoms with Crippen molar-refractivity contribution in [1.82, 2.24) is 20.4 Å². The summed E-state index contributed by atoms with van der Waals surface area (Å²) >= 11 is 0. The fraction of sp³-hybridized carbons (Fsp3) is 0.909. The minimum atomic E-state index is 0.00929. The van der Waals surface area contributed by atoms with Gasteiger partial charge in [-0.1, -0.05) is 13.3 Å². The lowest BCUT2D eigenvalue weighted by Crippen LogP contribution is -2.55. The lowest BCUT2D eigenvalue weighted by molar-refractivity contribution is -0.131. The molecule has 2 saturated carbocycles. The van der Waals surface area contributed by atoms with Crippen LogP contribution in [0.5, 0.6) is 0 Å². The third kappa shape index (κ3) is 4.38. The normalized spacial score (nSPS) is 39.4. The van der Waals surface area contributed by atoms with Gasteiger partial charge in [0.1, 0.15) is 0 Å². The zero-order valence-corrected chi connectivity index (χ0v) is 17.7. The van der Waals surface area contributed by atoms with Gasteiger partial charge in [0, 0.05) is 51.2 Å². The van der Waals surface area contributed by atoms with Crippen LogP contribution >= 0.6 is 0 Å². The minimum Gasteiger partial charge on any atom is -0.352 e. The zero-order valence-electron chi connectivity index (χ0n) is 17.7. The van der Waals surface area contributed by atoms with Crippen LogP contribution in [0.2, 0.25) is 0 Å². The van der Waals surface area contributed by atoms with Gasteiger partial charge in [0.15, 0.2) is 0 Å². The molecule has 2 saturated heterocycles. The summed E-state index contributed by atoms with van der Waals surface area (Å²) in [5.41, 5.74) is 0. The van der Waals surface area contributed by atoms with Crippen LogP contribution in [0.15, 0.2) is 0 Å². The fourth-order valence-electron chi connectivity index (χ4n) is 6.21. The Hall–Kier alpha value is -1.14. The van der Waals surface area contributed by atoms with Crippen LogP contribution in [-0.2, 0) is 9.59 Å². The van der Waals surface area contributed by atoms with E-state index in [1.807, 2.05) is 4.90 Å². The molecule has 0 spiro atoms. The van der Waals surface area contributed by atoms with Crippen molar-refractivity contribution in [2.45, 2.75) is 89.4 Å². The Morgan fingerprint density at radius 1 is 0.964 bits per heavy atom. The molecule has 2 aliphatic carbocycles. The molecule has 2 N–H and O–H groups in total. The van der Waals surface area contributed by atoms with E-state index in [0.717, 1.165) is 45.4 Å². The molecule has 6 heteroatoms. The smallest absolute Gasteiger partial charge is 0.237 e. The second kappa shape index (κ2) is 8.70. The molecule has 0 bridgehead atoms. The highest BCUT2D eigenvalue weighted by atomic mass is 16.2. The summed E-state index contributed by atoms with van der Waals surface area (Å²) in [4.78, 5) is 29.0. The number of piperazine rings is 1. The molecule has 28 heavy (non-hydrogen) atoms. The fourth-order valence-corrected chi connectivity index (χ4v) is 6.21. The lowest BCUT2D eigenvalue weighted by atomic mass is 9.78. The second-order valence-electron chi connectivity index (χ2n) is 9.72. The number of hydrogen-bond donors (Lipinski definition) is 2. The molecule has 4 unspecified atom stereocenters. The van der Waals surface area contributed by atoms with Crippen molar-refractivity contribution in [2.75, 3.05) is 26.2 Å². The summed E-state index contributed by atoms with van der Waals surface area (Å²) < 4.78 is 0. The highest BCUT2D eigenvalue weighted by Gasteiger charge is 2.42. The first kappa shape index (κ1) is 20.1. The molecule has 0 aromatic rings. The van der Waals surface area contributed by atoms with Crippen molar-refractivity contribution in [3.05, 3.63) is 0 Å². The number of carbonyl (C=O) groups excluding carboxylic acids is 2. The van der Waals surface area contributed by atoms with E-state index in [1.54, 1.807) is 6.92 Å². The van der Waals surface area contributed by atoms with E-state index in [2.05, 4.69) is 22.5 Å². The molecule has 4 rings (SSSR count). The molecule has 158 valence electrons. The number of fused-ring (bicyclic) bond motifs is 1. The molecular formula is C22H38N4O2. The van der Waals surface area contributed by atoms with Crippen LogP contribution in [-0.4, -0.2) is 72.0 Å². The van der Waals surface area contributed by atoms with Gasteiger partial charge in [-0.25, -0.2) is 0 Å². The Labute approximate surface area is 169 Å².